The zero-order chi connectivity index (χ0) is 20.6. The summed E-state index contributed by atoms with van der Waals surface area (Å²) in [7, 11) is 6.66. The number of para-hydroxylation sites is 1. The quantitative estimate of drug-likeness (QED) is 0.516. The second-order valence-corrected chi connectivity index (χ2v) is 6.55. The number of hydrogen-bond donors (Lipinski definition) is 0. The summed E-state index contributed by atoms with van der Waals surface area (Å²) in [5.41, 5.74) is 3.26. The lowest BCUT2D eigenvalue weighted by atomic mass is 10.1. The van der Waals surface area contributed by atoms with Crippen LogP contribution in [0.5, 0.6) is 23.0 Å². The fourth-order valence-corrected chi connectivity index (χ4v) is 3.25. The minimum atomic E-state index is 0.673. The highest BCUT2D eigenvalue weighted by Crippen LogP contribution is 2.31. The molecule has 0 spiro atoms. The Bertz CT molecular complexity index is 870. The zero-order valence-electron chi connectivity index (χ0n) is 17.3. The van der Waals surface area contributed by atoms with Gasteiger partial charge < -0.3 is 23.8 Å². The molecule has 0 heterocycles. The summed E-state index contributed by atoms with van der Waals surface area (Å²) < 4.78 is 21.9. The minimum absolute atomic E-state index is 0.673. The maximum Gasteiger partial charge on any atom is 0.127 e. The smallest absolute Gasteiger partial charge is 0.127 e. The van der Waals surface area contributed by atoms with Crippen molar-refractivity contribution in [3.05, 3.63) is 77.9 Å². The Kier molecular flexibility index (Phi) is 6.85. The highest BCUT2D eigenvalue weighted by molar-refractivity contribution is 5.51. The van der Waals surface area contributed by atoms with Crippen molar-refractivity contribution < 1.29 is 18.9 Å². The molecule has 0 aromatic heterocycles. The van der Waals surface area contributed by atoms with Gasteiger partial charge in [-0.25, -0.2) is 0 Å². The van der Waals surface area contributed by atoms with Crippen molar-refractivity contribution >= 4 is 5.69 Å². The molecule has 0 bridgehead atoms. The van der Waals surface area contributed by atoms with E-state index in [0.29, 0.717) is 13.1 Å². The second-order valence-electron chi connectivity index (χ2n) is 6.55. The summed E-state index contributed by atoms with van der Waals surface area (Å²) >= 11 is 0. The maximum atomic E-state index is 5.60. The fourth-order valence-electron chi connectivity index (χ4n) is 3.25. The van der Waals surface area contributed by atoms with Gasteiger partial charge in [-0.05, 0) is 36.4 Å². The van der Waals surface area contributed by atoms with Gasteiger partial charge in [0.15, 0.2) is 0 Å². The molecule has 0 fully saturated rings. The highest BCUT2D eigenvalue weighted by atomic mass is 16.5. The number of benzene rings is 3. The van der Waals surface area contributed by atoms with Crippen LogP contribution in [0.4, 0.5) is 5.69 Å². The molecule has 5 nitrogen and oxygen atoms in total. The van der Waals surface area contributed by atoms with Gasteiger partial charge in [0.05, 0.1) is 28.4 Å². The molecule has 0 saturated carbocycles. The number of methoxy groups -OCH3 is 4. The summed E-state index contributed by atoms with van der Waals surface area (Å²) in [6.45, 7) is 1.35. The summed E-state index contributed by atoms with van der Waals surface area (Å²) in [4.78, 5) is 2.29. The molecule has 0 aliphatic carbocycles. The van der Waals surface area contributed by atoms with Gasteiger partial charge in [0, 0.05) is 42.0 Å². The van der Waals surface area contributed by atoms with Crippen LogP contribution < -0.4 is 23.8 Å². The SMILES string of the molecule is COc1ccc(CN(Cc2ccc(OC)cc2OC)c2ccccc2)c(OC)c1. The third-order valence-corrected chi connectivity index (χ3v) is 4.83. The maximum absolute atomic E-state index is 5.60. The van der Waals surface area contributed by atoms with E-state index in [4.69, 9.17) is 18.9 Å². The van der Waals surface area contributed by atoms with Crippen molar-refractivity contribution in [2.24, 2.45) is 0 Å². The first-order chi connectivity index (χ1) is 14.2. The molecule has 3 rings (SSSR count). The normalized spacial score (nSPS) is 10.3. The number of rotatable bonds is 9. The average molecular weight is 393 g/mol. The van der Waals surface area contributed by atoms with Crippen LogP contribution in [-0.2, 0) is 13.1 Å². The van der Waals surface area contributed by atoms with Crippen LogP contribution in [0.15, 0.2) is 66.7 Å². The van der Waals surface area contributed by atoms with Crippen LogP contribution in [0.3, 0.4) is 0 Å². The number of nitrogens with zero attached hydrogens (tertiary/aromatic N) is 1. The minimum Gasteiger partial charge on any atom is -0.497 e. The summed E-state index contributed by atoms with van der Waals surface area (Å²) in [5, 5.41) is 0. The topological polar surface area (TPSA) is 40.2 Å². The molecule has 0 saturated heterocycles. The molecule has 152 valence electrons. The summed E-state index contributed by atoms with van der Waals surface area (Å²) in [6.07, 6.45) is 0. The van der Waals surface area contributed by atoms with Gasteiger partial charge in [-0.3, -0.25) is 0 Å². The Balaban J connectivity index is 1.95. The molecular formula is C24H27NO4. The predicted octanol–water partition coefficient (Wildman–Crippen LogP) is 4.93. The van der Waals surface area contributed by atoms with E-state index >= 15 is 0 Å². The van der Waals surface area contributed by atoms with E-state index < -0.39 is 0 Å². The van der Waals surface area contributed by atoms with Crippen molar-refractivity contribution in [2.75, 3.05) is 33.3 Å². The Hall–Kier alpha value is -3.34. The molecule has 0 atom stereocenters. The van der Waals surface area contributed by atoms with Crippen molar-refractivity contribution in [3.8, 4) is 23.0 Å². The highest BCUT2D eigenvalue weighted by Gasteiger charge is 2.15. The van der Waals surface area contributed by atoms with E-state index in [1.54, 1.807) is 28.4 Å². The van der Waals surface area contributed by atoms with Crippen LogP contribution in [0, 0.1) is 0 Å². The monoisotopic (exact) mass is 393 g/mol. The Morgan fingerprint density at radius 1 is 0.586 bits per heavy atom. The summed E-state index contributed by atoms with van der Waals surface area (Å²) in [6, 6.07) is 22.1. The molecule has 29 heavy (non-hydrogen) atoms. The molecule has 0 amide bonds. The standard InChI is InChI=1S/C24H27NO4/c1-26-21-12-10-18(23(14-21)28-3)16-25(20-8-6-5-7-9-20)17-19-11-13-22(27-2)15-24(19)29-4/h5-15H,16-17H2,1-4H3. The Morgan fingerprint density at radius 2 is 1.07 bits per heavy atom. The first-order valence-corrected chi connectivity index (χ1v) is 9.40. The van der Waals surface area contributed by atoms with Crippen molar-refractivity contribution in [2.45, 2.75) is 13.1 Å². The lowest BCUT2D eigenvalue weighted by Crippen LogP contribution is -2.22. The van der Waals surface area contributed by atoms with Crippen LogP contribution in [-0.4, -0.2) is 28.4 Å². The van der Waals surface area contributed by atoms with Gasteiger partial charge in [-0.2, -0.15) is 0 Å². The molecule has 0 N–H and O–H groups in total. The molecule has 0 unspecified atom stereocenters. The zero-order valence-corrected chi connectivity index (χ0v) is 17.3. The van der Waals surface area contributed by atoms with E-state index in [9.17, 15) is 0 Å². The molecular weight excluding hydrogens is 366 g/mol. The van der Waals surface area contributed by atoms with Crippen LogP contribution in [0.2, 0.25) is 0 Å². The first kappa shape index (κ1) is 20.4. The number of ether oxygens (including phenoxy) is 4. The van der Waals surface area contributed by atoms with E-state index in [1.165, 1.54) is 0 Å². The first-order valence-electron chi connectivity index (χ1n) is 9.40. The van der Waals surface area contributed by atoms with E-state index in [2.05, 4.69) is 17.0 Å². The number of anilines is 1. The Morgan fingerprint density at radius 3 is 1.48 bits per heavy atom. The van der Waals surface area contributed by atoms with E-state index in [0.717, 1.165) is 39.8 Å². The predicted molar refractivity (Wildman–Crippen MR) is 115 cm³/mol. The van der Waals surface area contributed by atoms with E-state index in [-0.39, 0.29) is 0 Å². The van der Waals surface area contributed by atoms with Crippen molar-refractivity contribution in [1.82, 2.24) is 0 Å². The van der Waals surface area contributed by atoms with Crippen molar-refractivity contribution in [3.63, 3.8) is 0 Å². The van der Waals surface area contributed by atoms with Gasteiger partial charge in [-0.15, -0.1) is 0 Å². The largest absolute Gasteiger partial charge is 0.497 e. The third-order valence-electron chi connectivity index (χ3n) is 4.83. The van der Waals surface area contributed by atoms with Gasteiger partial charge in [0.1, 0.15) is 23.0 Å². The Labute approximate surface area is 172 Å². The summed E-state index contributed by atoms with van der Waals surface area (Å²) in [5.74, 6) is 3.14. The number of hydrogen-bond acceptors (Lipinski definition) is 5. The van der Waals surface area contributed by atoms with Crippen LogP contribution in [0.25, 0.3) is 0 Å². The lowest BCUT2D eigenvalue weighted by molar-refractivity contribution is 0.389. The van der Waals surface area contributed by atoms with Gasteiger partial charge in [0.25, 0.3) is 0 Å². The van der Waals surface area contributed by atoms with Crippen LogP contribution >= 0.6 is 0 Å². The van der Waals surface area contributed by atoms with Crippen molar-refractivity contribution in [1.29, 1.82) is 0 Å². The molecule has 5 heteroatoms. The molecule has 0 radical (unpaired) electrons. The second kappa shape index (κ2) is 9.73. The van der Waals surface area contributed by atoms with Gasteiger partial charge in [-0.1, -0.05) is 18.2 Å². The fraction of sp³-hybridized carbons (Fsp3) is 0.250. The molecule has 0 aliphatic heterocycles. The van der Waals surface area contributed by atoms with Gasteiger partial charge in [0.2, 0.25) is 0 Å². The molecule has 0 aliphatic rings. The molecule has 3 aromatic carbocycles. The third kappa shape index (κ3) is 4.93. The van der Waals surface area contributed by atoms with E-state index in [1.807, 2.05) is 54.6 Å². The average Bonchev–Trinajstić information content (AvgIpc) is 2.79. The van der Waals surface area contributed by atoms with Gasteiger partial charge >= 0.3 is 0 Å². The van der Waals surface area contributed by atoms with Crippen LogP contribution in [0.1, 0.15) is 11.1 Å². The lowest BCUT2D eigenvalue weighted by Gasteiger charge is -2.27. The molecule has 3 aromatic rings.